The second-order valence-corrected chi connectivity index (χ2v) is 4.72. The second kappa shape index (κ2) is 5.88. The van der Waals surface area contributed by atoms with Gasteiger partial charge in [0.2, 0.25) is 0 Å². The molecule has 2 rings (SSSR count). The van der Waals surface area contributed by atoms with Crippen molar-refractivity contribution < 1.29 is 18.7 Å². The van der Waals surface area contributed by atoms with Crippen molar-refractivity contribution in [2.45, 2.75) is 19.5 Å². The Balaban J connectivity index is 2.09. The fraction of sp³-hybridized carbons (Fsp3) is 0.267. The van der Waals surface area contributed by atoms with E-state index < -0.39 is 5.97 Å². The van der Waals surface area contributed by atoms with E-state index in [1.807, 2.05) is 18.9 Å². The number of carboxylic acid groups (broad SMARTS) is 1. The normalized spacial score (nSPS) is 12.6. The topological polar surface area (TPSA) is 53.7 Å². The first kappa shape index (κ1) is 14.3. The molecule has 0 bridgehead atoms. The average Bonchev–Trinajstić information content (AvgIpc) is 2.87. The van der Waals surface area contributed by atoms with Gasteiger partial charge in [-0.3, -0.25) is 4.90 Å². The summed E-state index contributed by atoms with van der Waals surface area (Å²) in [6, 6.07) is 7.94. The highest BCUT2D eigenvalue weighted by molar-refractivity contribution is 5.87. The van der Waals surface area contributed by atoms with E-state index in [4.69, 9.17) is 9.52 Å². The summed E-state index contributed by atoms with van der Waals surface area (Å²) in [6.45, 7) is 2.29. The van der Waals surface area contributed by atoms with E-state index in [-0.39, 0.29) is 17.4 Å². The number of furan rings is 1. The van der Waals surface area contributed by atoms with Crippen LogP contribution >= 0.6 is 0 Å². The van der Waals surface area contributed by atoms with Crippen molar-refractivity contribution in [3.8, 4) is 0 Å². The van der Waals surface area contributed by atoms with Gasteiger partial charge in [0, 0.05) is 11.6 Å². The molecule has 0 saturated heterocycles. The number of hydrogen-bond acceptors (Lipinski definition) is 3. The lowest BCUT2D eigenvalue weighted by molar-refractivity contribution is 0.0696. The van der Waals surface area contributed by atoms with E-state index in [1.54, 1.807) is 18.2 Å². The molecule has 1 aromatic carbocycles. The molecule has 0 amide bonds. The Morgan fingerprint density at radius 1 is 1.45 bits per heavy atom. The van der Waals surface area contributed by atoms with Crippen LogP contribution in [0.3, 0.4) is 0 Å². The van der Waals surface area contributed by atoms with Crippen molar-refractivity contribution in [1.29, 1.82) is 0 Å². The Hall–Kier alpha value is -2.14. The number of aromatic carboxylic acids is 1. The van der Waals surface area contributed by atoms with Crippen LogP contribution in [0.1, 0.15) is 34.6 Å². The van der Waals surface area contributed by atoms with Gasteiger partial charge in [-0.05, 0) is 26.1 Å². The number of nitrogens with zero attached hydrogens (tertiary/aromatic N) is 1. The minimum atomic E-state index is -1.02. The van der Waals surface area contributed by atoms with Crippen LogP contribution in [0.5, 0.6) is 0 Å². The predicted molar refractivity (Wildman–Crippen MR) is 71.9 cm³/mol. The zero-order chi connectivity index (χ0) is 14.7. The molecule has 0 aliphatic rings. The highest BCUT2D eigenvalue weighted by Gasteiger charge is 2.17. The maximum atomic E-state index is 13.7. The summed E-state index contributed by atoms with van der Waals surface area (Å²) in [6.07, 6.45) is 1.21. The predicted octanol–water partition coefficient (Wildman–Crippen LogP) is 3.31. The average molecular weight is 277 g/mol. The third-order valence-electron chi connectivity index (χ3n) is 3.32. The summed E-state index contributed by atoms with van der Waals surface area (Å²) >= 11 is 0. The molecule has 0 radical (unpaired) electrons. The molecule has 0 spiro atoms. The van der Waals surface area contributed by atoms with Crippen LogP contribution in [0.4, 0.5) is 4.39 Å². The van der Waals surface area contributed by atoms with Crippen molar-refractivity contribution >= 4 is 5.97 Å². The van der Waals surface area contributed by atoms with Gasteiger partial charge in [-0.15, -0.1) is 0 Å². The minimum absolute atomic E-state index is 0.118. The monoisotopic (exact) mass is 277 g/mol. The van der Waals surface area contributed by atoms with Gasteiger partial charge in [0.25, 0.3) is 0 Å². The summed E-state index contributed by atoms with van der Waals surface area (Å²) in [5.41, 5.74) is 0.715. The van der Waals surface area contributed by atoms with Crippen molar-refractivity contribution in [2.75, 3.05) is 7.05 Å². The fourth-order valence-corrected chi connectivity index (χ4v) is 2.01. The molecular formula is C15H16FNO3. The van der Waals surface area contributed by atoms with Crippen LogP contribution in [0.2, 0.25) is 0 Å². The first-order valence-electron chi connectivity index (χ1n) is 6.24. The summed E-state index contributed by atoms with van der Waals surface area (Å²) in [5.74, 6) is -0.740. The first-order chi connectivity index (χ1) is 9.49. The zero-order valence-electron chi connectivity index (χ0n) is 11.3. The van der Waals surface area contributed by atoms with Gasteiger partial charge in [-0.2, -0.15) is 0 Å². The molecule has 0 saturated carbocycles. The van der Waals surface area contributed by atoms with E-state index in [0.29, 0.717) is 17.9 Å². The molecule has 1 aromatic heterocycles. The van der Waals surface area contributed by atoms with Crippen molar-refractivity contribution in [3.05, 3.63) is 59.3 Å². The molecular weight excluding hydrogens is 261 g/mol. The summed E-state index contributed by atoms with van der Waals surface area (Å²) in [5, 5.41) is 8.83. The number of halogens is 1. The summed E-state index contributed by atoms with van der Waals surface area (Å²) in [7, 11) is 1.83. The van der Waals surface area contributed by atoms with E-state index in [9.17, 15) is 9.18 Å². The first-order valence-corrected chi connectivity index (χ1v) is 6.24. The third-order valence-corrected chi connectivity index (χ3v) is 3.32. The Morgan fingerprint density at radius 2 is 2.15 bits per heavy atom. The fourth-order valence-electron chi connectivity index (χ4n) is 2.01. The van der Waals surface area contributed by atoms with Gasteiger partial charge in [0.1, 0.15) is 17.8 Å². The minimum Gasteiger partial charge on any atom is -0.478 e. The zero-order valence-corrected chi connectivity index (χ0v) is 11.3. The van der Waals surface area contributed by atoms with Crippen LogP contribution in [-0.4, -0.2) is 23.0 Å². The van der Waals surface area contributed by atoms with Crippen LogP contribution in [0, 0.1) is 5.82 Å². The number of carboxylic acids is 1. The van der Waals surface area contributed by atoms with Crippen molar-refractivity contribution in [1.82, 2.24) is 4.90 Å². The molecule has 0 fully saturated rings. The number of benzene rings is 1. The Labute approximate surface area is 116 Å². The Kier molecular flexibility index (Phi) is 4.20. The largest absolute Gasteiger partial charge is 0.478 e. The van der Waals surface area contributed by atoms with Gasteiger partial charge >= 0.3 is 5.97 Å². The smallest absolute Gasteiger partial charge is 0.338 e. The highest BCUT2D eigenvalue weighted by atomic mass is 19.1. The maximum absolute atomic E-state index is 13.7. The molecule has 4 nitrogen and oxygen atoms in total. The number of hydrogen-bond donors (Lipinski definition) is 1. The standard InChI is InChI=1S/C15H16FNO3/c1-10(13-5-3-4-6-14(13)16)17(2)8-12-7-11(9-20-12)15(18)19/h3-7,9-10H,8H2,1-2H3,(H,18,19). The van der Waals surface area contributed by atoms with Gasteiger partial charge < -0.3 is 9.52 Å². The Morgan fingerprint density at radius 3 is 2.75 bits per heavy atom. The molecule has 106 valence electrons. The molecule has 1 unspecified atom stereocenters. The lowest BCUT2D eigenvalue weighted by Gasteiger charge is -2.24. The number of carbonyl (C=O) groups is 1. The van der Waals surface area contributed by atoms with E-state index in [2.05, 4.69) is 0 Å². The third kappa shape index (κ3) is 3.05. The molecule has 0 aliphatic heterocycles. The molecule has 1 atom stereocenters. The van der Waals surface area contributed by atoms with E-state index in [0.717, 1.165) is 0 Å². The highest BCUT2D eigenvalue weighted by Crippen LogP contribution is 2.23. The van der Waals surface area contributed by atoms with Gasteiger partial charge in [-0.1, -0.05) is 18.2 Å². The quantitative estimate of drug-likeness (QED) is 0.911. The molecule has 20 heavy (non-hydrogen) atoms. The van der Waals surface area contributed by atoms with Crippen molar-refractivity contribution in [2.24, 2.45) is 0 Å². The van der Waals surface area contributed by atoms with Crippen LogP contribution in [0.15, 0.2) is 41.0 Å². The lowest BCUT2D eigenvalue weighted by Crippen LogP contribution is -2.22. The molecule has 1 heterocycles. The van der Waals surface area contributed by atoms with Crippen molar-refractivity contribution in [3.63, 3.8) is 0 Å². The van der Waals surface area contributed by atoms with Gasteiger partial charge in [0.15, 0.2) is 0 Å². The molecule has 2 aromatic rings. The van der Waals surface area contributed by atoms with Crippen LogP contribution in [0.25, 0.3) is 0 Å². The summed E-state index contributed by atoms with van der Waals surface area (Å²) < 4.78 is 18.9. The Bertz CT molecular complexity index is 609. The summed E-state index contributed by atoms with van der Waals surface area (Å²) in [4.78, 5) is 12.7. The maximum Gasteiger partial charge on any atom is 0.338 e. The van der Waals surface area contributed by atoms with Crippen LogP contribution in [-0.2, 0) is 6.54 Å². The molecule has 0 aliphatic carbocycles. The number of rotatable bonds is 5. The lowest BCUT2D eigenvalue weighted by atomic mass is 10.1. The second-order valence-electron chi connectivity index (χ2n) is 4.72. The van der Waals surface area contributed by atoms with Gasteiger partial charge in [-0.25, -0.2) is 9.18 Å². The molecule has 5 heteroatoms. The molecule has 1 N–H and O–H groups in total. The van der Waals surface area contributed by atoms with E-state index >= 15 is 0 Å². The van der Waals surface area contributed by atoms with Gasteiger partial charge in [0.05, 0.1) is 12.1 Å². The van der Waals surface area contributed by atoms with E-state index in [1.165, 1.54) is 18.4 Å². The SMILES string of the molecule is CC(c1ccccc1F)N(C)Cc1cc(C(=O)O)co1. The van der Waals surface area contributed by atoms with Crippen LogP contribution < -0.4 is 0 Å².